The molecule has 0 saturated carbocycles. The summed E-state index contributed by atoms with van der Waals surface area (Å²) in [5.41, 5.74) is 5.44. The number of aliphatic hydroxyl groups excluding tert-OH is 2. The van der Waals surface area contributed by atoms with Crippen LogP contribution in [-0.4, -0.2) is 32.8 Å². The predicted molar refractivity (Wildman–Crippen MR) is 50.9 cm³/mol. The summed E-state index contributed by atoms with van der Waals surface area (Å²) in [7, 11) is 0. The first-order valence-corrected chi connectivity index (χ1v) is 4.22. The average molecular weight is 213 g/mol. The van der Waals surface area contributed by atoms with Crippen LogP contribution in [0.2, 0.25) is 0 Å². The zero-order valence-electron chi connectivity index (χ0n) is 7.78. The largest absolute Gasteiger partial charge is 0.389 e. The zero-order valence-corrected chi connectivity index (χ0v) is 7.78. The van der Waals surface area contributed by atoms with Crippen molar-refractivity contribution in [3.63, 3.8) is 0 Å². The maximum atomic E-state index is 10.3. The summed E-state index contributed by atoms with van der Waals surface area (Å²) in [6.45, 7) is -0.0991. The minimum Gasteiger partial charge on any atom is -0.389 e. The number of nitro groups is 1. The van der Waals surface area contributed by atoms with Gasteiger partial charge >= 0.3 is 5.82 Å². The monoisotopic (exact) mass is 213 g/mol. The summed E-state index contributed by atoms with van der Waals surface area (Å²) >= 11 is 0. The van der Waals surface area contributed by atoms with Crippen molar-refractivity contribution in [2.24, 2.45) is 5.73 Å². The molecule has 15 heavy (non-hydrogen) atoms. The first-order valence-electron chi connectivity index (χ1n) is 4.22. The number of aromatic nitrogens is 1. The van der Waals surface area contributed by atoms with Gasteiger partial charge in [0.2, 0.25) is 0 Å². The molecule has 0 amide bonds. The van der Waals surface area contributed by atoms with Crippen LogP contribution in [0.15, 0.2) is 18.3 Å². The van der Waals surface area contributed by atoms with Crippen LogP contribution >= 0.6 is 0 Å². The maximum absolute atomic E-state index is 10.3. The van der Waals surface area contributed by atoms with Crippen molar-refractivity contribution in [2.75, 3.05) is 6.54 Å². The highest BCUT2D eigenvalue weighted by atomic mass is 16.6. The van der Waals surface area contributed by atoms with Gasteiger partial charge in [-0.25, -0.2) is 0 Å². The van der Waals surface area contributed by atoms with E-state index in [1.54, 1.807) is 0 Å². The summed E-state index contributed by atoms with van der Waals surface area (Å²) in [6.07, 6.45) is -1.14. The van der Waals surface area contributed by atoms with E-state index in [-0.39, 0.29) is 12.4 Å². The van der Waals surface area contributed by atoms with Crippen molar-refractivity contribution in [1.82, 2.24) is 4.98 Å². The second-order valence-electron chi connectivity index (χ2n) is 2.95. The Morgan fingerprint density at radius 2 is 2.20 bits per heavy atom. The highest BCUT2D eigenvalue weighted by molar-refractivity contribution is 5.24. The van der Waals surface area contributed by atoms with E-state index in [0.717, 1.165) is 12.3 Å². The zero-order chi connectivity index (χ0) is 11.4. The van der Waals surface area contributed by atoms with E-state index in [1.807, 2.05) is 0 Å². The van der Waals surface area contributed by atoms with Crippen LogP contribution in [0.5, 0.6) is 0 Å². The Balaban J connectivity index is 2.84. The van der Waals surface area contributed by atoms with Crippen molar-refractivity contribution in [2.45, 2.75) is 12.2 Å². The summed E-state index contributed by atoms with van der Waals surface area (Å²) in [5, 5.41) is 29.0. The first-order chi connectivity index (χ1) is 7.06. The fourth-order valence-electron chi connectivity index (χ4n) is 1.03. The van der Waals surface area contributed by atoms with Gasteiger partial charge in [0.05, 0.1) is 6.10 Å². The Morgan fingerprint density at radius 3 is 2.60 bits per heavy atom. The molecule has 0 bridgehead atoms. The van der Waals surface area contributed by atoms with Gasteiger partial charge in [-0.3, -0.25) is 0 Å². The highest BCUT2D eigenvalue weighted by Crippen LogP contribution is 2.17. The van der Waals surface area contributed by atoms with Crippen molar-refractivity contribution in [3.05, 3.63) is 34.0 Å². The summed E-state index contributed by atoms with van der Waals surface area (Å²) in [5.74, 6) is -0.312. The molecule has 1 aromatic heterocycles. The lowest BCUT2D eigenvalue weighted by Crippen LogP contribution is -2.27. The maximum Gasteiger partial charge on any atom is 0.363 e. The number of hydrogen-bond acceptors (Lipinski definition) is 6. The number of nitrogens with zero attached hydrogens (tertiary/aromatic N) is 2. The quantitative estimate of drug-likeness (QED) is 0.451. The molecule has 82 valence electrons. The minimum absolute atomic E-state index is 0.0991. The molecule has 0 fully saturated rings. The van der Waals surface area contributed by atoms with Crippen LogP contribution in [0, 0.1) is 10.1 Å². The topological polar surface area (TPSA) is 123 Å². The van der Waals surface area contributed by atoms with Gasteiger partial charge in [-0.05, 0) is 16.0 Å². The van der Waals surface area contributed by atoms with Crippen LogP contribution in [-0.2, 0) is 0 Å². The summed E-state index contributed by atoms with van der Waals surface area (Å²) < 4.78 is 0. The first kappa shape index (κ1) is 11.5. The van der Waals surface area contributed by atoms with Gasteiger partial charge in [0.15, 0.2) is 0 Å². The van der Waals surface area contributed by atoms with Crippen LogP contribution in [0.3, 0.4) is 0 Å². The molecule has 1 rings (SSSR count). The van der Waals surface area contributed by atoms with E-state index in [1.165, 1.54) is 6.07 Å². The molecule has 0 aromatic carbocycles. The normalized spacial score (nSPS) is 14.6. The molecule has 0 radical (unpaired) electrons. The highest BCUT2D eigenvalue weighted by Gasteiger charge is 2.19. The van der Waals surface area contributed by atoms with E-state index in [9.17, 15) is 20.3 Å². The predicted octanol–water partition coefficient (Wildman–Crippen LogP) is -0.657. The average Bonchev–Trinajstić information content (AvgIpc) is 2.27. The molecule has 2 atom stereocenters. The van der Waals surface area contributed by atoms with Crippen LogP contribution in [0.4, 0.5) is 5.82 Å². The van der Waals surface area contributed by atoms with E-state index < -0.39 is 17.1 Å². The molecular weight excluding hydrogens is 202 g/mol. The Morgan fingerprint density at radius 1 is 1.53 bits per heavy atom. The van der Waals surface area contributed by atoms with E-state index in [2.05, 4.69) is 4.98 Å². The Bertz CT molecular complexity index is 340. The smallest absolute Gasteiger partial charge is 0.363 e. The molecule has 1 heterocycles. The van der Waals surface area contributed by atoms with Gasteiger partial charge < -0.3 is 26.1 Å². The molecule has 1 aromatic rings. The molecule has 4 N–H and O–H groups in total. The minimum atomic E-state index is -1.18. The van der Waals surface area contributed by atoms with Crippen molar-refractivity contribution in [3.8, 4) is 0 Å². The molecule has 0 aliphatic rings. The third-order valence-electron chi connectivity index (χ3n) is 1.91. The third-order valence-corrected chi connectivity index (χ3v) is 1.91. The van der Waals surface area contributed by atoms with Crippen LogP contribution < -0.4 is 5.73 Å². The molecule has 2 unspecified atom stereocenters. The summed E-state index contributed by atoms with van der Waals surface area (Å²) in [6, 6.07) is 2.48. The second kappa shape index (κ2) is 4.78. The van der Waals surface area contributed by atoms with Crippen molar-refractivity contribution < 1.29 is 15.1 Å². The fourth-order valence-corrected chi connectivity index (χ4v) is 1.03. The van der Waals surface area contributed by atoms with Gasteiger partial charge in [-0.2, -0.15) is 0 Å². The Hall–Kier alpha value is -1.57. The van der Waals surface area contributed by atoms with E-state index >= 15 is 0 Å². The molecule has 0 aliphatic carbocycles. The van der Waals surface area contributed by atoms with Crippen molar-refractivity contribution >= 4 is 5.82 Å². The van der Waals surface area contributed by atoms with Crippen molar-refractivity contribution in [1.29, 1.82) is 0 Å². The molecule has 0 saturated heterocycles. The van der Waals surface area contributed by atoms with E-state index in [0.29, 0.717) is 5.56 Å². The van der Waals surface area contributed by atoms with Crippen LogP contribution in [0.25, 0.3) is 0 Å². The van der Waals surface area contributed by atoms with Crippen LogP contribution in [0.1, 0.15) is 11.7 Å². The van der Waals surface area contributed by atoms with Gasteiger partial charge in [-0.15, -0.1) is 0 Å². The number of pyridine rings is 1. The summed E-state index contributed by atoms with van der Waals surface area (Å²) in [4.78, 5) is 13.1. The third kappa shape index (κ3) is 2.69. The lowest BCUT2D eigenvalue weighted by Gasteiger charge is -2.14. The van der Waals surface area contributed by atoms with Gasteiger partial charge in [0.1, 0.15) is 12.3 Å². The van der Waals surface area contributed by atoms with Gasteiger partial charge in [0, 0.05) is 18.2 Å². The van der Waals surface area contributed by atoms with E-state index in [4.69, 9.17) is 5.73 Å². The lowest BCUT2D eigenvalue weighted by molar-refractivity contribution is -0.389. The molecule has 0 spiro atoms. The number of hydrogen-bond donors (Lipinski definition) is 3. The molecule has 7 nitrogen and oxygen atoms in total. The Labute approximate surface area is 85.3 Å². The second-order valence-corrected chi connectivity index (χ2v) is 2.95. The molecule has 0 aliphatic heterocycles. The molecular formula is C8H11N3O4. The SMILES string of the molecule is NCC(O)C(O)c1ccc([N+](=O)[O-])nc1. The number of aliphatic hydroxyl groups is 2. The number of rotatable bonds is 4. The lowest BCUT2D eigenvalue weighted by atomic mass is 10.1. The fraction of sp³-hybridized carbons (Fsp3) is 0.375. The molecule has 7 heteroatoms. The van der Waals surface area contributed by atoms with Gasteiger partial charge in [0.25, 0.3) is 0 Å². The standard InChI is InChI=1S/C8H11N3O4/c9-3-6(12)8(13)5-1-2-7(10-4-5)11(14)15/h1-2,4,6,8,12-13H,3,9H2. The van der Waals surface area contributed by atoms with Gasteiger partial charge in [-0.1, -0.05) is 0 Å². The Kier molecular flexibility index (Phi) is 3.67. The number of nitrogens with two attached hydrogens (primary N) is 1.